The van der Waals surface area contributed by atoms with E-state index in [0.29, 0.717) is 22.9 Å². The molecule has 0 spiro atoms. The number of carbonyl (C=O) groups is 1. The first-order chi connectivity index (χ1) is 14.9. The third kappa shape index (κ3) is 4.75. The van der Waals surface area contributed by atoms with E-state index in [-0.39, 0.29) is 10.7 Å². The fourth-order valence-electron chi connectivity index (χ4n) is 2.80. The molecule has 4 aromatic rings. The summed E-state index contributed by atoms with van der Waals surface area (Å²) >= 11 is 0. The summed E-state index contributed by atoms with van der Waals surface area (Å²) in [4.78, 5) is 23.8. The maximum Gasteiger partial charge on any atom is 0.261 e. The molecule has 0 amide bonds. The molecule has 2 aromatic carbocycles. The molecule has 0 atom stereocenters. The molecule has 0 radical (unpaired) electrons. The Morgan fingerprint density at radius 3 is 2.32 bits per heavy atom. The van der Waals surface area contributed by atoms with E-state index < -0.39 is 10.0 Å². The normalized spacial score (nSPS) is 11.1. The topological polar surface area (TPSA) is 119 Å². The highest BCUT2D eigenvalue weighted by Gasteiger charge is 2.14. The van der Waals surface area contributed by atoms with Crippen molar-refractivity contribution in [1.82, 2.24) is 19.5 Å². The molecular weight excluding hydrogens is 416 g/mol. The molecule has 10 heteroatoms. The van der Waals surface area contributed by atoms with Gasteiger partial charge in [0, 0.05) is 35.4 Å². The van der Waals surface area contributed by atoms with Crippen LogP contribution < -0.4 is 10.0 Å². The van der Waals surface area contributed by atoms with Crippen molar-refractivity contribution in [2.45, 2.75) is 11.8 Å². The van der Waals surface area contributed by atoms with Gasteiger partial charge >= 0.3 is 0 Å². The van der Waals surface area contributed by atoms with Crippen LogP contribution in [-0.4, -0.2) is 33.7 Å². The van der Waals surface area contributed by atoms with E-state index in [1.54, 1.807) is 53.6 Å². The summed E-state index contributed by atoms with van der Waals surface area (Å²) in [6.07, 6.45) is 6.52. The molecule has 2 heterocycles. The van der Waals surface area contributed by atoms with Gasteiger partial charge in [-0.05, 0) is 43.3 Å². The Kier molecular flexibility index (Phi) is 5.46. The number of sulfonamides is 1. The van der Waals surface area contributed by atoms with Gasteiger partial charge in [0.25, 0.3) is 10.0 Å². The van der Waals surface area contributed by atoms with Gasteiger partial charge in [-0.3, -0.25) is 14.1 Å². The predicted octanol–water partition coefficient (Wildman–Crippen LogP) is 3.41. The van der Waals surface area contributed by atoms with Crippen LogP contribution in [0, 0.1) is 0 Å². The van der Waals surface area contributed by atoms with Crippen LogP contribution in [0.1, 0.15) is 17.3 Å². The maximum absolute atomic E-state index is 12.6. The molecule has 0 saturated heterocycles. The first-order valence-electron chi connectivity index (χ1n) is 9.22. The van der Waals surface area contributed by atoms with Gasteiger partial charge in [-0.25, -0.2) is 23.4 Å². The molecule has 0 aliphatic rings. The number of aromatic nitrogens is 4. The van der Waals surface area contributed by atoms with E-state index in [1.807, 2.05) is 0 Å². The Bertz CT molecular complexity index is 1300. The summed E-state index contributed by atoms with van der Waals surface area (Å²) in [6.45, 7) is 1.43. The number of anilines is 3. The van der Waals surface area contributed by atoms with Crippen LogP contribution in [-0.2, 0) is 10.0 Å². The Labute approximate surface area is 178 Å². The number of ketones is 1. The molecule has 31 heavy (non-hydrogen) atoms. The smallest absolute Gasteiger partial charge is 0.261 e. The minimum atomic E-state index is -3.77. The molecule has 9 nitrogen and oxygen atoms in total. The van der Waals surface area contributed by atoms with E-state index in [2.05, 4.69) is 25.0 Å². The number of carbonyl (C=O) groups excluding carboxylic acids is 1. The first kappa shape index (κ1) is 20.2. The second kappa shape index (κ2) is 8.36. The quantitative estimate of drug-likeness (QED) is 0.428. The zero-order chi connectivity index (χ0) is 21.8. The highest BCUT2D eigenvalue weighted by Crippen LogP contribution is 2.21. The fourth-order valence-corrected chi connectivity index (χ4v) is 3.86. The molecule has 0 saturated carbocycles. The van der Waals surface area contributed by atoms with Gasteiger partial charge in [0.1, 0.15) is 24.3 Å². The Morgan fingerprint density at radius 2 is 1.68 bits per heavy atom. The zero-order valence-corrected chi connectivity index (χ0v) is 17.2. The molecule has 0 aliphatic heterocycles. The molecule has 0 unspecified atom stereocenters. The first-order valence-corrected chi connectivity index (χ1v) is 10.7. The van der Waals surface area contributed by atoms with Gasteiger partial charge in [-0.1, -0.05) is 12.1 Å². The highest BCUT2D eigenvalue weighted by atomic mass is 32.2. The van der Waals surface area contributed by atoms with Crippen molar-refractivity contribution in [3.63, 3.8) is 0 Å². The molecule has 2 aromatic heterocycles. The Balaban J connectivity index is 1.46. The van der Waals surface area contributed by atoms with Crippen LogP contribution in [0.2, 0.25) is 0 Å². The Morgan fingerprint density at radius 1 is 0.968 bits per heavy atom. The lowest BCUT2D eigenvalue weighted by molar-refractivity contribution is 0.101. The maximum atomic E-state index is 12.6. The molecule has 0 bridgehead atoms. The molecule has 156 valence electrons. The molecule has 4 rings (SSSR count). The lowest BCUT2D eigenvalue weighted by Crippen LogP contribution is -2.13. The number of imidazole rings is 1. The minimum Gasteiger partial charge on any atom is -0.340 e. The molecule has 0 aliphatic carbocycles. The van der Waals surface area contributed by atoms with Gasteiger partial charge in [-0.2, -0.15) is 0 Å². The van der Waals surface area contributed by atoms with Gasteiger partial charge in [-0.15, -0.1) is 0 Å². The van der Waals surface area contributed by atoms with Crippen molar-refractivity contribution in [1.29, 1.82) is 0 Å². The third-order valence-electron chi connectivity index (χ3n) is 4.40. The number of rotatable bonds is 7. The van der Waals surface area contributed by atoms with Gasteiger partial charge in [0.15, 0.2) is 5.78 Å². The van der Waals surface area contributed by atoms with Crippen LogP contribution in [0.4, 0.5) is 17.2 Å². The van der Waals surface area contributed by atoms with E-state index in [1.165, 1.54) is 37.5 Å². The van der Waals surface area contributed by atoms with Crippen LogP contribution in [0.15, 0.2) is 84.5 Å². The number of nitrogens with zero attached hydrogens (tertiary/aromatic N) is 4. The van der Waals surface area contributed by atoms with E-state index in [4.69, 9.17) is 0 Å². The van der Waals surface area contributed by atoms with Crippen LogP contribution in [0.3, 0.4) is 0 Å². The number of hydrogen-bond acceptors (Lipinski definition) is 7. The second-order valence-corrected chi connectivity index (χ2v) is 8.30. The molecular formula is C21H18N6O3S. The van der Waals surface area contributed by atoms with Crippen LogP contribution in [0.25, 0.3) is 5.82 Å². The van der Waals surface area contributed by atoms with Gasteiger partial charge in [0.05, 0.1) is 4.90 Å². The Hall–Kier alpha value is -4.05. The van der Waals surface area contributed by atoms with Crippen molar-refractivity contribution >= 4 is 33.0 Å². The number of Topliss-reactive ketones (excluding diaryl/α,β-unsaturated/α-hetero) is 1. The van der Waals surface area contributed by atoms with Crippen molar-refractivity contribution in [3.8, 4) is 5.82 Å². The monoisotopic (exact) mass is 434 g/mol. The van der Waals surface area contributed by atoms with Gasteiger partial charge in [0.2, 0.25) is 0 Å². The zero-order valence-electron chi connectivity index (χ0n) is 16.4. The van der Waals surface area contributed by atoms with Gasteiger partial charge < -0.3 is 5.32 Å². The van der Waals surface area contributed by atoms with Crippen LogP contribution in [0.5, 0.6) is 0 Å². The standard InChI is InChI=1S/C21H18N6O3S/c1-15(28)16-2-8-19(9-3-16)31(29,30)26-18-6-4-17(5-7-18)25-20-12-21(24-13-23-20)27-11-10-22-14-27/h2-14,26H,1H3,(H,23,24,25). The SMILES string of the molecule is CC(=O)c1ccc(S(=O)(=O)Nc2ccc(Nc3cc(-n4ccnc4)ncn3)cc2)cc1. The number of nitrogens with one attached hydrogen (secondary N) is 2. The molecule has 2 N–H and O–H groups in total. The largest absolute Gasteiger partial charge is 0.340 e. The summed E-state index contributed by atoms with van der Waals surface area (Å²) in [6, 6.07) is 14.3. The average molecular weight is 434 g/mol. The number of benzene rings is 2. The summed E-state index contributed by atoms with van der Waals surface area (Å²) in [5.74, 6) is 1.12. The van der Waals surface area contributed by atoms with Crippen molar-refractivity contribution in [2.75, 3.05) is 10.0 Å². The minimum absolute atomic E-state index is 0.0766. The van der Waals surface area contributed by atoms with Crippen molar-refractivity contribution < 1.29 is 13.2 Å². The lowest BCUT2D eigenvalue weighted by atomic mass is 10.2. The van der Waals surface area contributed by atoms with Crippen LogP contribution >= 0.6 is 0 Å². The second-order valence-electron chi connectivity index (χ2n) is 6.62. The van der Waals surface area contributed by atoms with Crippen molar-refractivity contribution in [3.05, 3.63) is 85.2 Å². The van der Waals surface area contributed by atoms with E-state index >= 15 is 0 Å². The summed E-state index contributed by atoms with van der Waals surface area (Å²) < 4.78 is 29.4. The van der Waals surface area contributed by atoms with E-state index in [9.17, 15) is 13.2 Å². The highest BCUT2D eigenvalue weighted by molar-refractivity contribution is 7.92. The average Bonchev–Trinajstić information content (AvgIpc) is 3.30. The fraction of sp³-hybridized carbons (Fsp3) is 0.0476. The summed E-state index contributed by atoms with van der Waals surface area (Å²) in [5.41, 5.74) is 1.59. The molecule has 0 fully saturated rings. The third-order valence-corrected chi connectivity index (χ3v) is 5.80. The number of hydrogen-bond donors (Lipinski definition) is 2. The lowest BCUT2D eigenvalue weighted by Gasteiger charge is -2.10. The summed E-state index contributed by atoms with van der Waals surface area (Å²) in [5, 5.41) is 3.15. The predicted molar refractivity (Wildman–Crippen MR) is 116 cm³/mol. The summed E-state index contributed by atoms with van der Waals surface area (Å²) in [7, 11) is -3.77. The van der Waals surface area contributed by atoms with Crippen molar-refractivity contribution in [2.24, 2.45) is 0 Å². The van der Waals surface area contributed by atoms with E-state index in [0.717, 1.165) is 5.69 Å².